The van der Waals surface area contributed by atoms with E-state index < -0.39 is 18.1 Å². The van der Waals surface area contributed by atoms with Crippen molar-refractivity contribution in [1.29, 1.82) is 0 Å². The van der Waals surface area contributed by atoms with Crippen LogP contribution in [0.5, 0.6) is 0 Å². The Morgan fingerprint density at radius 2 is 1.82 bits per heavy atom. The molecule has 6 nitrogen and oxygen atoms in total. The summed E-state index contributed by atoms with van der Waals surface area (Å²) in [5.41, 5.74) is 13.3. The minimum atomic E-state index is -1.05. The minimum Gasteiger partial charge on any atom is -0.480 e. The van der Waals surface area contributed by atoms with Gasteiger partial charge in [-0.15, -0.1) is 0 Å². The number of nitrogens with zero attached hydrogens (tertiary/aromatic N) is 1. The lowest BCUT2D eigenvalue weighted by Gasteiger charge is -2.12. The van der Waals surface area contributed by atoms with Crippen LogP contribution in [0.4, 0.5) is 0 Å². The Balaban J connectivity index is 2.10. The van der Waals surface area contributed by atoms with Gasteiger partial charge in [-0.05, 0) is 29.7 Å². The van der Waals surface area contributed by atoms with Gasteiger partial charge in [0.25, 0.3) is 0 Å². The molecule has 0 aliphatic rings. The molecule has 1 unspecified atom stereocenters. The monoisotopic (exact) mass is 299 g/mol. The second-order valence-corrected chi connectivity index (χ2v) is 4.97. The Morgan fingerprint density at radius 1 is 1.14 bits per heavy atom. The number of nitrogens with two attached hydrogens (primary N) is 2. The highest BCUT2D eigenvalue weighted by atomic mass is 16.4. The predicted octanol–water partition coefficient (Wildman–Crippen LogP) is 0.919. The standard InChI is InChI=1S/C16H17N3O3/c17-13(16(21)22)8-10-3-5-11(6-4-10)14(18)15(20)12-2-1-7-19-9-12/h1-7,9,13-14H,8,17-18H2,(H,21,22)/t13-,14?/m0/s1. The molecule has 0 bridgehead atoms. The SMILES string of the molecule is NC(C(=O)c1cccnc1)c1ccc(C[C@H](N)C(=O)O)cc1. The minimum absolute atomic E-state index is 0.219. The Bertz CT molecular complexity index is 656. The summed E-state index contributed by atoms with van der Waals surface area (Å²) < 4.78 is 0. The van der Waals surface area contributed by atoms with Gasteiger partial charge in [-0.1, -0.05) is 24.3 Å². The van der Waals surface area contributed by atoms with Crippen molar-refractivity contribution in [2.45, 2.75) is 18.5 Å². The molecule has 0 amide bonds. The number of aliphatic carboxylic acids is 1. The third-order valence-corrected chi connectivity index (χ3v) is 3.34. The summed E-state index contributed by atoms with van der Waals surface area (Å²) in [7, 11) is 0. The van der Waals surface area contributed by atoms with Crippen LogP contribution in [-0.4, -0.2) is 27.9 Å². The van der Waals surface area contributed by atoms with Gasteiger partial charge < -0.3 is 16.6 Å². The summed E-state index contributed by atoms with van der Waals surface area (Å²) >= 11 is 0. The molecule has 0 aliphatic heterocycles. The summed E-state index contributed by atoms with van der Waals surface area (Å²) in [4.78, 5) is 26.9. The first-order chi connectivity index (χ1) is 10.5. The fraction of sp³-hybridized carbons (Fsp3) is 0.188. The molecule has 0 aliphatic carbocycles. The number of carbonyl (C=O) groups is 2. The van der Waals surface area contributed by atoms with E-state index in [-0.39, 0.29) is 12.2 Å². The lowest BCUT2D eigenvalue weighted by atomic mass is 9.97. The maximum Gasteiger partial charge on any atom is 0.320 e. The number of aromatic nitrogens is 1. The number of hydrogen-bond donors (Lipinski definition) is 3. The highest BCUT2D eigenvalue weighted by Crippen LogP contribution is 2.17. The molecule has 2 atom stereocenters. The van der Waals surface area contributed by atoms with Crippen LogP contribution >= 0.6 is 0 Å². The molecule has 22 heavy (non-hydrogen) atoms. The summed E-state index contributed by atoms with van der Waals surface area (Å²) in [6.45, 7) is 0. The van der Waals surface area contributed by atoms with Crippen LogP contribution in [0, 0.1) is 0 Å². The zero-order valence-corrected chi connectivity index (χ0v) is 11.8. The van der Waals surface area contributed by atoms with Crippen molar-refractivity contribution in [3.63, 3.8) is 0 Å². The number of carboxylic acids is 1. The van der Waals surface area contributed by atoms with Crippen molar-refractivity contribution in [2.24, 2.45) is 11.5 Å². The van der Waals surface area contributed by atoms with Crippen molar-refractivity contribution >= 4 is 11.8 Å². The fourth-order valence-electron chi connectivity index (χ4n) is 2.04. The van der Waals surface area contributed by atoms with Gasteiger partial charge in [0.1, 0.15) is 6.04 Å². The van der Waals surface area contributed by atoms with E-state index in [1.165, 1.54) is 6.20 Å². The number of hydrogen-bond acceptors (Lipinski definition) is 5. The first kappa shape index (κ1) is 15.8. The van der Waals surface area contributed by atoms with Crippen molar-refractivity contribution in [3.8, 4) is 0 Å². The van der Waals surface area contributed by atoms with E-state index in [9.17, 15) is 9.59 Å². The van der Waals surface area contributed by atoms with E-state index in [1.807, 2.05) is 0 Å². The first-order valence-electron chi connectivity index (χ1n) is 6.76. The van der Waals surface area contributed by atoms with E-state index in [1.54, 1.807) is 42.6 Å². The van der Waals surface area contributed by atoms with Gasteiger partial charge in [-0.25, -0.2) is 0 Å². The largest absolute Gasteiger partial charge is 0.480 e. The van der Waals surface area contributed by atoms with E-state index in [4.69, 9.17) is 16.6 Å². The average Bonchev–Trinajstić information content (AvgIpc) is 2.55. The van der Waals surface area contributed by atoms with Crippen LogP contribution in [0.25, 0.3) is 0 Å². The summed E-state index contributed by atoms with van der Waals surface area (Å²) in [5, 5.41) is 8.79. The number of benzene rings is 1. The molecule has 1 aromatic carbocycles. The predicted molar refractivity (Wildman–Crippen MR) is 81.3 cm³/mol. The van der Waals surface area contributed by atoms with Crippen LogP contribution in [0.3, 0.4) is 0 Å². The Hall–Kier alpha value is -2.57. The third kappa shape index (κ3) is 3.75. The Kier molecular flexibility index (Phi) is 4.98. The van der Waals surface area contributed by atoms with Gasteiger partial charge >= 0.3 is 5.97 Å². The normalized spacial score (nSPS) is 13.4. The number of Topliss-reactive ketones (excluding diaryl/α,β-unsaturated/α-hetero) is 1. The van der Waals surface area contributed by atoms with Gasteiger partial charge in [0, 0.05) is 18.0 Å². The number of ketones is 1. The Morgan fingerprint density at radius 3 is 2.36 bits per heavy atom. The maximum atomic E-state index is 12.2. The van der Waals surface area contributed by atoms with E-state index in [0.29, 0.717) is 11.1 Å². The zero-order valence-electron chi connectivity index (χ0n) is 11.8. The first-order valence-corrected chi connectivity index (χ1v) is 6.76. The Labute approximate surface area is 127 Å². The van der Waals surface area contributed by atoms with Crippen LogP contribution in [0.2, 0.25) is 0 Å². The van der Waals surface area contributed by atoms with Gasteiger partial charge in [0.05, 0.1) is 6.04 Å². The molecular formula is C16H17N3O3. The fourth-order valence-corrected chi connectivity index (χ4v) is 2.04. The molecule has 114 valence electrons. The molecule has 2 aromatic rings. The number of rotatable bonds is 6. The third-order valence-electron chi connectivity index (χ3n) is 3.34. The van der Waals surface area contributed by atoms with E-state index in [2.05, 4.69) is 4.98 Å². The molecule has 1 aromatic heterocycles. The number of pyridine rings is 1. The van der Waals surface area contributed by atoms with Crippen LogP contribution in [0.1, 0.15) is 27.5 Å². The van der Waals surface area contributed by atoms with E-state index in [0.717, 1.165) is 5.56 Å². The zero-order chi connectivity index (χ0) is 16.1. The molecule has 0 spiro atoms. The molecule has 0 saturated heterocycles. The van der Waals surface area contributed by atoms with Crippen molar-refractivity contribution in [3.05, 3.63) is 65.5 Å². The van der Waals surface area contributed by atoms with Gasteiger partial charge in [-0.3, -0.25) is 14.6 Å². The van der Waals surface area contributed by atoms with Crippen molar-refractivity contribution in [2.75, 3.05) is 0 Å². The molecule has 0 fully saturated rings. The number of carboxylic acid groups (broad SMARTS) is 1. The summed E-state index contributed by atoms with van der Waals surface area (Å²) in [5.74, 6) is -1.27. The summed E-state index contributed by atoms with van der Waals surface area (Å²) in [6, 6.07) is 8.49. The van der Waals surface area contributed by atoms with Crippen LogP contribution in [0.15, 0.2) is 48.8 Å². The molecule has 0 radical (unpaired) electrons. The van der Waals surface area contributed by atoms with Crippen molar-refractivity contribution in [1.82, 2.24) is 4.98 Å². The molecule has 1 heterocycles. The second-order valence-electron chi connectivity index (χ2n) is 4.97. The lowest BCUT2D eigenvalue weighted by Crippen LogP contribution is -2.32. The molecule has 0 saturated carbocycles. The highest BCUT2D eigenvalue weighted by molar-refractivity contribution is 6.00. The summed E-state index contributed by atoms with van der Waals surface area (Å²) in [6.07, 6.45) is 3.28. The molecular weight excluding hydrogens is 282 g/mol. The maximum absolute atomic E-state index is 12.2. The number of carbonyl (C=O) groups excluding carboxylic acids is 1. The molecule has 5 N–H and O–H groups in total. The topological polar surface area (TPSA) is 119 Å². The van der Waals surface area contributed by atoms with Crippen molar-refractivity contribution < 1.29 is 14.7 Å². The second kappa shape index (κ2) is 6.93. The molecule has 2 rings (SSSR count). The lowest BCUT2D eigenvalue weighted by molar-refractivity contribution is -0.138. The highest BCUT2D eigenvalue weighted by Gasteiger charge is 2.18. The van der Waals surface area contributed by atoms with Gasteiger partial charge in [0.2, 0.25) is 0 Å². The van der Waals surface area contributed by atoms with Gasteiger partial charge in [-0.2, -0.15) is 0 Å². The van der Waals surface area contributed by atoms with Crippen LogP contribution in [-0.2, 0) is 11.2 Å². The quantitative estimate of drug-likeness (QED) is 0.682. The van der Waals surface area contributed by atoms with E-state index >= 15 is 0 Å². The van der Waals surface area contributed by atoms with Gasteiger partial charge in [0.15, 0.2) is 5.78 Å². The van der Waals surface area contributed by atoms with Crippen LogP contribution < -0.4 is 11.5 Å². The molecule has 6 heteroatoms. The smallest absolute Gasteiger partial charge is 0.320 e. The average molecular weight is 299 g/mol.